The molecule has 0 unspecified atom stereocenters. The molecule has 0 radical (unpaired) electrons. The average Bonchev–Trinajstić information content (AvgIpc) is 2.83. The Labute approximate surface area is 115 Å². The summed E-state index contributed by atoms with van der Waals surface area (Å²) in [5, 5.41) is 0. The molecule has 2 rings (SSSR count). The van der Waals surface area contributed by atoms with Crippen molar-refractivity contribution in [3.8, 4) is 5.75 Å². The van der Waals surface area contributed by atoms with Gasteiger partial charge in [0.25, 0.3) is 0 Å². The number of aryl methyl sites for hydroxylation is 1. The molecule has 0 amide bonds. The molecule has 1 aliphatic carbocycles. The summed E-state index contributed by atoms with van der Waals surface area (Å²) in [6, 6.07) is 5.32. The molecule has 1 saturated carbocycles. The van der Waals surface area contributed by atoms with Gasteiger partial charge in [0, 0.05) is 6.04 Å². The number of ether oxygens (including phenoxy) is 1. The predicted molar refractivity (Wildman–Crippen MR) is 74.9 cm³/mol. The lowest BCUT2D eigenvalue weighted by Crippen LogP contribution is -2.33. The summed E-state index contributed by atoms with van der Waals surface area (Å²) in [4.78, 5) is 0.251. The number of nitrogens with one attached hydrogen (secondary N) is 1. The van der Waals surface area contributed by atoms with E-state index in [0.29, 0.717) is 12.4 Å². The van der Waals surface area contributed by atoms with Crippen molar-refractivity contribution < 1.29 is 13.2 Å². The maximum absolute atomic E-state index is 12.4. The molecule has 1 N–H and O–H groups in total. The monoisotopic (exact) mass is 283 g/mol. The fraction of sp³-hybridized carbons (Fsp3) is 0.571. The highest BCUT2D eigenvalue weighted by atomic mass is 32.2. The summed E-state index contributed by atoms with van der Waals surface area (Å²) in [5.74, 6) is 0.429. The summed E-state index contributed by atoms with van der Waals surface area (Å²) >= 11 is 0. The Morgan fingerprint density at radius 2 is 2.00 bits per heavy atom. The second-order valence-electron chi connectivity index (χ2n) is 4.99. The van der Waals surface area contributed by atoms with Gasteiger partial charge in [-0.1, -0.05) is 18.9 Å². The number of hydrogen-bond acceptors (Lipinski definition) is 3. The Morgan fingerprint density at radius 3 is 2.63 bits per heavy atom. The van der Waals surface area contributed by atoms with E-state index < -0.39 is 10.0 Å². The van der Waals surface area contributed by atoms with E-state index in [1.165, 1.54) is 0 Å². The first-order valence-electron chi connectivity index (χ1n) is 6.78. The van der Waals surface area contributed by atoms with Crippen molar-refractivity contribution in [2.45, 2.75) is 50.5 Å². The molecular formula is C14H21NO3S. The molecule has 1 aromatic carbocycles. The number of sulfonamides is 1. The highest BCUT2D eigenvalue weighted by molar-refractivity contribution is 7.89. The molecule has 106 valence electrons. The number of hydrogen-bond donors (Lipinski definition) is 1. The van der Waals surface area contributed by atoms with Crippen molar-refractivity contribution in [3.63, 3.8) is 0 Å². The van der Waals surface area contributed by atoms with Crippen LogP contribution >= 0.6 is 0 Å². The van der Waals surface area contributed by atoms with Crippen LogP contribution in [0.5, 0.6) is 5.75 Å². The largest absolute Gasteiger partial charge is 0.492 e. The minimum absolute atomic E-state index is 0.0694. The topological polar surface area (TPSA) is 55.4 Å². The summed E-state index contributed by atoms with van der Waals surface area (Å²) < 4.78 is 33.1. The van der Waals surface area contributed by atoms with Gasteiger partial charge in [0.15, 0.2) is 0 Å². The van der Waals surface area contributed by atoms with Crippen LogP contribution < -0.4 is 9.46 Å². The van der Waals surface area contributed by atoms with Crippen LogP contribution in [0.1, 0.15) is 38.2 Å². The molecule has 1 fully saturated rings. The third kappa shape index (κ3) is 3.48. The average molecular weight is 283 g/mol. The summed E-state index contributed by atoms with van der Waals surface area (Å²) in [5.41, 5.74) is 0.912. The van der Waals surface area contributed by atoms with Crippen molar-refractivity contribution in [1.82, 2.24) is 4.72 Å². The van der Waals surface area contributed by atoms with E-state index in [-0.39, 0.29) is 10.9 Å². The van der Waals surface area contributed by atoms with Gasteiger partial charge in [-0.2, -0.15) is 0 Å². The summed E-state index contributed by atoms with van der Waals surface area (Å²) in [6.07, 6.45) is 4.04. The van der Waals surface area contributed by atoms with Crippen LogP contribution in [-0.2, 0) is 10.0 Å². The molecule has 0 aromatic heterocycles. The second-order valence-corrected chi connectivity index (χ2v) is 6.67. The standard InChI is InChI=1S/C14H21NO3S/c1-3-18-13-9-8-11(2)10-14(13)19(16,17)15-12-6-4-5-7-12/h8-10,12,15H,3-7H2,1-2H3. The van der Waals surface area contributed by atoms with E-state index in [4.69, 9.17) is 4.74 Å². The quantitative estimate of drug-likeness (QED) is 0.903. The highest BCUT2D eigenvalue weighted by Crippen LogP contribution is 2.27. The molecule has 0 aliphatic heterocycles. The van der Waals surface area contributed by atoms with Crippen LogP contribution in [0.3, 0.4) is 0 Å². The first kappa shape index (κ1) is 14.3. The summed E-state index contributed by atoms with van der Waals surface area (Å²) in [6.45, 7) is 4.18. The Bertz CT molecular complexity index is 534. The normalized spacial score (nSPS) is 16.7. The number of benzene rings is 1. The Morgan fingerprint density at radius 1 is 1.32 bits per heavy atom. The molecule has 19 heavy (non-hydrogen) atoms. The maximum Gasteiger partial charge on any atom is 0.244 e. The van der Waals surface area contributed by atoms with Gasteiger partial charge in [-0.15, -0.1) is 0 Å². The van der Waals surface area contributed by atoms with Gasteiger partial charge < -0.3 is 4.74 Å². The zero-order valence-corrected chi connectivity index (χ0v) is 12.3. The van der Waals surface area contributed by atoms with Crippen molar-refractivity contribution in [3.05, 3.63) is 23.8 Å². The van der Waals surface area contributed by atoms with E-state index in [1.54, 1.807) is 12.1 Å². The van der Waals surface area contributed by atoms with Crippen LogP contribution in [0.25, 0.3) is 0 Å². The van der Waals surface area contributed by atoms with Crippen molar-refractivity contribution in [2.24, 2.45) is 0 Å². The van der Waals surface area contributed by atoms with Crippen LogP contribution in [0, 0.1) is 6.92 Å². The molecule has 4 nitrogen and oxygen atoms in total. The highest BCUT2D eigenvalue weighted by Gasteiger charge is 2.25. The molecule has 0 bridgehead atoms. The van der Waals surface area contributed by atoms with Crippen LogP contribution in [0.15, 0.2) is 23.1 Å². The molecule has 1 aliphatic rings. The molecule has 5 heteroatoms. The van der Waals surface area contributed by atoms with Crippen LogP contribution in [0.2, 0.25) is 0 Å². The van der Waals surface area contributed by atoms with Gasteiger partial charge in [0.1, 0.15) is 10.6 Å². The maximum atomic E-state index is 12.4. The van der Waals surface area contributed by atoms with Gasteiger partial charge in [0.2, 0.25) is 10.0 Å². The lowest BCUT2D eigenvalue weighted by atomic mass is 10.2. The molecular weight excluding hydrogens is 262 g/mol. The molecule has 0 spiro atoms. The van der Waals surface area contributed by atoms with Gasteiger partial charge in [-0.25, -0.2) is 13.1 Å². The first-order chi connectivity index (χ1) is 9.03. The zero-order valence-electron chi connectivity index (χ0n) is 11.5. The van der Waals surface area contributed by atoms with Gasteiger partial charge in [-0.3, -0.25) is 0 Å². The van der Waals surface area contributed by atoms with Crippen molar-refractivity contribution in [2.75, 3.05) is 6.61 Å². The van der Waals surface area contributed by atoms with Gasteiger partial charge in [0.05, 0.1) is 6.61 Å². The van der Waals surface area contributed by atoms with Gasteiger partial charge >= 0.3 is 0 Å². The lowest BCUT2D eigenvalue weighted by molar-refractivity contribution is 0.330. The molecule has 0 saturated heterocycles. The third-order valence-electron chi connectivity index (χ3n) is 3.37. The smallest absolute Gasteiger partial charge is 0.244 e. The molecule has 0 heterocycles. The van der Waals surface area contributed by atoms with E-state index >= 15 is 0 Å². The van der Waals surface area contributed by atoms with Crippen molar-refractivity contribution >= 4 is 10.0 Å². The Kier molecular flexibility index (Phi) is 4.47. The minimum Gasteiger partial charge on any atom is -0.492 e. The minimum atomic E-state index is -3.49. The van der Waals surface area contributed by atoms with E-state index in [0.717, 1.165) is 31.2 Å². The molecule has 0 atom stereocenters. The van der Waals surface area contributed by atoms with Gasteiger partial charge in [-0.05, 0) is 44.4 Å². The van der Waals surface area contributed by atoms with Crippen molar-refractivity contribution in [1.29, 1.82) is 0 Å². The Hall–Kier alpha value is -1.07. The Balaban J connectivity index is 2.29. The summed E-state index contributed by atoms with van der Waals surface area (Å²) in [7, 11) is -3.49. The fourth-order valence-electron chi connectivity index (χ4n) is 2.43. The lowest BCUT2D eigenvalue weighted by Gasteiger charge is -2.15. The zero-order chi connectivity index (χ0) is 13.9. The van der Waals surface area contributed by atoms with E-state index in [9.17, 15) is 8.42 Å². The van der Waals surface area contributed by atoms with Crippen LogP contribution in [0.4, 0.5) is 0 Å². The van der Waals surface area contributed by atoms with E-state index in [2.05, 4.69) is 4.72 Å². The van der Waals surface area contributed by atoms with E-state index in [1.807, 2.05) is 19.9 Å². The fourth-order valence-corrected chi connectivity index (χ4v) is 3.96. The molecule has 1 aromatic rings. The predicted octanol–water partition coefficient (Wildman–Crippen LogP) is 2.61. The third-order valence-corrected chi connectivity index (χ3v) is 4.91. The number of rotatable bonds is 5. The second kappa shape index (κ2) is 5.92. The van der Waals surface area contributed by atoms with Crippen LogP contribution in [-0.4, -0.2) is 21.1 Å². The first-order valence-corrected chi connectivity index (χ1v) is 8.27. The SMILES string of the molecule is CCOc1ccc(C)cc1S(=O)(=O)NC1CCCC1.